The topological polar surface area (TPSA) is 70.1 Å². The summed E-state index contributed by atoms with van der Waals surface area (Å²) in [5.41, 5.74) is 2.74. The molecule has 2 aromatic rings. The average Bonchev–Trinajstić information content (AvgIpc) is 2.95. The number of hydrogen-bond donors (Lipinski definition) is 0. The van der Waals surface area contributed by atoms with E-state index in [1.165, 1.54) is 0 Å². The maximum absolute atomic E-state index is 12.5. The number of rotatable bonds is 3. The van der Waals surface area contributed by atoms with Crippen molar-refractivity contribution in [2.45, 2.75) is 33.1 Å². The minimum atomic E-state index is 0.0547. The molecule has 1 fully saturated rings. The second-order valence-corrected chi connectivity index (χ2v) is 6.30. The van der Waals surface area contributed by atoms with E-state index in [0.29, 0.717) is 30.4 Å². The fourth-order valence-corrected chi connectivity index (χ4v) is 3.03. The van der Waals surface area contributed by atoms with Crippen LogP contribution in [0, 0.1) is 31.1 Å². The Morgan fingerprint density at radius 1 is 1.33 bits per heavy atom. The zero-order valence-electron chi connectivity index (χ0n) is 14.1. The molecule has 0 unspecified atom stereocenters. The number of piperidine rings is 1. The first kappa shape index (κ1) is 16.3. The minimum Gasteiger partial charge on any atom is -0.441 e. The normalized spacial score (nSPS) is 15.3. The molecule has 0 atom stereocenters. The van der Waals surface area contributed by atoms with Crippen molar-refractivity contribution in [1.29, 1.82) is 5.26 Å². The van der Waals surface area contributed by atoms with E-state index in [0.717, 1.165) is 24.0 Å². The van der Waals surface area contributed by atoms with Gasteiger partial charge in [0.2, 0.25) is 11.8 Å². The molecule has 124 valence electrons. The number of aromatic nitrogens is 1. The molecule has 2 heterocycles. The van der Waals surface area contributed by atoms with E-state index in [4.69, 9.17) is 9.68 Å². The average molecular weight is 323 g/mol. The third-order valence-electron chi connectivity index (χ3n) is 4.62. The van der Waals surface area contributed by atoms with E-state index in [1.807, 2.05) is 43.0 Å². The summed E-state index contributed by atoms with van der Waals surface area (Å²) in [6.45, 7) is 5.16. The molecule has 0 N–H and O–H groups in total. The SMILES string of the molecule is Cc1ccccc1-c1nc(CC(=O)N2CCC(C#N)CC2)c(C)o1. The first-order chi connectivity index (χ1) is 11.6. The molecule has 1 aliphatic rings. The molecule has 24 heavy (non-hydrogen) atoms. The lowest BCUT2D eigenvalue weighted by Crippen LogP contribution is -2.39. The summed E-state index contributed by atoms with van der Waals surface area (Å²) in [6, 6.07) is 10.2. The van der Waals surface area contributed by atoms with E-state index in [1.54, 1.807) is 0 Å². The number of carbonyl (C=O) groups is 1. The van der Waals surface area contributed by atoms with E-state index >= 15 is 0 Å². The second kappa shape index (κ2) is 6.88. The van der Waals surface area contributed by atoms with Crippen LogP contribution in [0.3, 0.4) is 0 Å². The Morgan fingerprint density at radius 3 is 2.71 bits per heavy atom. The number of nitrogens with zero attached hydrogens (tertiary/aromatic N) is 3. The van der Waals surface area contributed by atoms with Gasteiger partial charge in [0.05, 0.1) is 18.2 Å². The van der Waals surface area contributed by atoms with Gasteiger partial charge >= 0.3 is 0 Å². The lowest BCUT2D eigenvalue weighted by atomic mass is 9.98. The molecule has 5 nitrogen and oxygen atoms in total. The molecular weight excluding hydrogens is 302 g/mol. The standard InChI is InChI=1S/C19H21N3O2/c1-13-5-3-4-6-16(13)19-21-17(14(2)24-19)11-18(23)22-9-7-15(12-20)8-10-22/h3-6,15H,7-11H2,1-2H3. The van der Waals surface area contributed by atoms with Gasteiger partial charge in [0.15, 0.2) is 0 Å². The monoisotopic (exact) mass is 323 g/mol. The van der Waals surface area contributed by atoms with Crippen LogP contribution in [-0.2, 0) is 11.2 Å². The van der Waals surface area contributed by atoms with Gasteiger partial charge in [0.1, 0.15) is 5.76 Å². The van der Waals surface area contributed by atoms with Crippen molar-refractivity contribution in [2.75, 3.05) is 13.1 Å². The number of hydrogen-bond acceptors (Lipinski definition) is 4. The maximum Gasteiger partial charge on any atom is 0.228 e. The van der Waals surface area contributed by atoms with Crippen LogP contribution in [0.15, 0.2) is 28.7 Å². The van der Waals surface area contributed by atoms with E-state index in [2.05, 4.69) is 11.1 Å². The molecule has 1 aliphatic heterocycles. The van der Waals surface area contributed by atoms with Crippen LogP contribution in [0.4, 0.5) is 0 Å². The molecular formula is C19H21N3O2. The Balaban J connectivity index is 1.71. The maximum atomic E-state index is 12.5. The Kier molecular flexibility index (Phi) is 4.66. The van der Waals surface area contributed by atoms with Gasteiger partial charge in [-0.1, -0.05) is 18.2 Å². The molecule has 0 bridgehead atoms. The van der Waals surface area contributed by atoms with E-state index in [-0.39, 0.29) is 18.2 Å². The van der Waals surface area contributed by atoms with Gasteiger partial charge in [-0.2, -0.15) is 5.26 Å². The van der Waals surface area contributed by atoms with Crippen LogP contribution in [0.1, 0.15) is 29.9 Å². The Labute approximate surface area is 141 Å². The first-order valence-electron chi connectivity index (χ1n) is 8.28. The van der Waals surface area contributed by atoms with Crippen LogP contribution in [0.5, 0.6) is 0 Å². The summed E-state index contributed by atoms with van der Waals surface area (Å²) in [5.74, 6) is 1.39. The summed E-state index contributed by atoms with van der Waals surface area (Å²) in [4.78, 5) is 18.9. The Morgan fingerprint density at radius 2 is 2.04 bits per heavy atom. The van der Waals surface area contributed by atoms with Gasteiger partial charge in [0.25, 0.3) is 0 Å². The van der Waals surface area contributed by atoms with Crippen LogP contribution in [-0.4, -0.2) is 28.9 Å². The predicted octanol–water partition coefficient (Wildman–Crippen LogP) is 3.26. The second-order valence-electron chi connectivity index (χ2n) is 6.30. The first-order valence-corrected chi connectivity index (χ1v) is 8.28. The van der Waals surface area contributed by atoms with E-state index < -0.39 is 0 Å². The molecule has 1 saturated heterocycles. The highest BCUT2D eigenvalue weighted by Gasteiger charge is 2.24. The van der Waals surface area contributed by atoms with Crippen LogP contribution < -0.4 is 0 Å². The van der Waals surface area contributed by atoms with Gasteiger partial charge in [-0.15, -0.1) is 0 Å². The molecule has 0 saturated carbocycles. The molecule has 1 aromatic heterocycles. The van der Waals surface area contributed by atoms with Gasteiger partial charge < -0.3 is 9.32 Å². The quantitative estimate of drug-likeness (QED) is 0.869. The number of benzene rings is 1. The predicted molar refractivity (Wildman–Crippen MR) is 90.0 cm³/mol. The largest absolute Gasteiger partial charge is 0.441 e. The highest BCUT2D eigenvalue weighted by atomic mass is 16.4. The van der Waals surface area contributed by atoms with Crippen LogP contribution >= 0.6 is 0 Å². The highest BCUT2D eigenvalue weighted by molar-refractivity contribution is 5.78. The number of nitriles is 1. The number of carbonyl (C=O) groups excluding carboxylic acids is 1. The smallest absolute Gasteiger partial charge is 0.228 e. The third kappa shape index (κ3) is 3.33. The summed E-state index contributed by atoms with van der Waals surface area (Å²) in [7, 11) is 0. The highest BCUT2D eigenvalue weighted by Crippen LogP contribution is 2.25. The summed E-state index contributed by atoms with van der Waals surface area (Å²) < 4.78 is 5.78. The molecule has 0 aliphatic carbocycles. The van der Waals surface area contributed by atoms with Crippen molar-refractivity contribution in [3.8, 4) is 17.5 Å². The Bertz CT molecular complexity index is 780. The molecule has 0 spiro atoms. The van der Waals surface area contributed by atoms with Gasteiger partial charge in [0, 0.05) is 24.6 Å². The number of oxazole rings is 1. The summed E-state index contributed by atoms with van der Waals surface area (Å²) in [5, 5.41) is 8.95. The van der Waals surface area contributed by atoms with E-state index in [9.17, 15) is 4.79 Å². The fourth-order valence-electron chi connectivity index (χ4n) is 3.03. The summed E-state index contributed by atoms with van der Waals surface area (Å²) in [6.07, 6.45) is 1.77. The zero-order valence-corrected chi connectivity index (χ0v) is 14.1. The molecule has 1 amide bonds. The summed E-state index contributed by atoms with van der Waals surface area (Å²) >= 11 is 0. The minimum absolute atomic E-state index is 0.0547. The van der Waals surface area contributed by atoms with Crippen molar-refractivity contribution in [2.24, 2.45) is 5.92 Å². The van der Waals surface area contributed by atoms with Crippen molar-refractivity contribution < 1.29 is 9.21 Å². The van der Waals surface area contributed by atoms with Crippen LogP contribution in [0.2, 0.25) is 0 Å². The Hall–Kier alpha value is -2.61. The van der Waals surface area contributed by atoms with Crippen molar-refractivity contribution in [1.82, 2.24) is 9.88 Å². The third-order valence-corrected chi connectivity index (χ3v) is 4.62. The van der Waals surface area contributed by atoms with Gasteiger partial charge in [-0.3, -0.25) is 4.79 Å². The number of likely N-dealkylation sites (tertiary alicyclic amines) is 1. The van der Waals surface area contributed by atoms with Gasteiger partial charge in [-0.25, -0.2) is 4.98 Å². The zero-order chi connectivity index (χ0) is 17.1. The fraction of sp³-hybridized carbons (Fsp3) is 0.421. The molecule has 1 aromatic carbocycles. The van der Waals surface area contributed by atoms with Crippen molar-refractivity contribution >= 4 is 5.91 Å². The lowest BCUT2D eigenvalue weighted by Gasteiger charge is -2.29. The molecule has 5 heteroatoms. The molecule has 3 rings (SSSR count). The number of aryl methyl sites for hydroxylation is 2. The van der Waals surface area contributed by atoms with Crippen LogP contribution in [0.25, 0.3) is 11.5 Å². The lowest BCUT2D eigenvalue weighted by molar-refractivity contribution is -0.131. The number of amides is 1. The molecule has 0 radical (unpaired) electrons. The van der Waals surface area contributed by atoms with Crippen molar-refractivity contribution in [3.05, 3.63) is 41.3 Å². The van der Waals surface area contributed by atoms with Crippen molar-refractivity contribution in [3.63, 3.8) is 0 Å². The van der Waals surface area contributed by atoms with Gasteiger partial charge in [-0.05, 0) is 38.3 Å².